The summed E-state index contributed by atoms with van der Waals surface area (Å²) in [7, 11) is 0. The average Bonchev–Trinajstić information content (AvgIpc) is 3.00. The minimum atomic E-state index is -0.822. The van der Waals surface area contributed by atoms with Gasteiger partial charge in [-0.25, -0.2) is 9.18 Å². The Bertz CT molecular complexity index is 1720. The van der Waals surface area contributed by atoms with E-state index in [0.29, 0.717) is 47.2 Å². The van der Waals surface area contributed by atoms with Crippen molar-refractivity contribution in [2.75, 3.05) is 13.2 Å². The number of hydrogen-bond donors (Lipinski definition) is 1. The number of hydrogen-bond acceptors (Lipinski definition) is 6. The lowest BCUT2D eigenvalue weighted by atomic mass is 9.99. The Morgan fingerprint density at radius 2 is 1.63 bits per heavy atom. The number of rotatable bonds is 11. The van der Waals surface area contributed by atoms with Crippen LogP contribution in [0.5, 0.6) is 17.2 Å². The SMILES string of the molecule is CCCOc1ccc(CN2C(=O)NC(=O)/C(=C\c3c(OCc4cccc(F)c4)ccc4ccccc34)C2=O)cc1OCC. The van der Waals surface area contributed by atoms with Crippen LogP contribution < -0.4 is 19.5 Å². The van der Waals surface area contributed by atoms with Crippen molar-refractivity contribution in [3.63, 3.8) is 0 Å². The quantitative estimate of drug-likeness (QED) is 0.162. The summed E-state index contributed by atoms with van der Waals surface area (Å²) in [5, 5.41) is 3.88. The van der Waals surface area contributed by atoms with Crippen LogP contribution in [-0.2, 0) is 22.7 Å². The van der Waals surface area contributed by atoms with Crippen molar-refractivity contribution in [1.29, 1.82) is 0 Å². The van der Waals surface area contributed by atoms with Crippen molar-refractivity contribution in [3.8, 4) is 17.2 Å². The number of urea groups is 1. The van der Waals surface area contributed by atoms with Crippen LogP contribution in [0.1, 0.15) is 37.0 Å². The van der Waals surface area contributed by atoms with Gasteiger partial charge in [0, 0.05) is 5.56 Å². The molecule has 43 heavy (non-hydrogen) atoms. The number of carbonyl (C=O) groups excluding carboxylic acids is 3. The fourth-order valence-corrected chi connectivity index (χ4v) is 4.75. The van der Waals surface area contributed by atoms with Gasteiger partial charge in [0.25, 0.3) is 11.8 Å². The van der Waals surface area contributed by atoms with Gasteiger partial charge in [0.2, 0.25) is 0 Å². The highest BCUT2D eigenvalue weighted by molar-refractivity contribution is 6.31. The zero-order chi connectivity index (χ0) is 30.3. The van der Waals surface area contributed by atoms with Crippen LogP contribution in [0.25, 0.3) is 16.8 Å². The molecule has 0 unspecified atom stereocenters. The van der Waals surface area contributed by atoms with Gasteiger partial charge in [0.1, 0.15) is 23.7 Å². The Labute approximate surface area is 248 Å². The lowest BCUT2D eigenvalue weighted by Gasteiger charge is -2.27. The van der Waals surface area contributed by atoms with Crippen molar-refractivity contribution < 1.29 is 33.0 Å². The molecule has 220 valence electrons. The maximum atomic E-state index is 13.7. The summed E-state index contributed by atoms with van der Waals surface area (Å²) in [4.78, 5) is 40.5. The summed E-state index contributed by atoms with van der Waals surface area (Å²) in [5.74, 6) is -0.479. The molecule has 1 aliphatic heterocycles. The molecule has 1 saturated heterocycles. The average molecular weight is 583 g/mol. The monoisotopic (exact) mass is 582 g/mol. The van der Waals surface area contributed by atoms with Crippen molar-refractivity contribution in [3.05, 3.63) is 107 Å². The van der Waals surface area contributed by atoms with Crippen LogP contribution in [0, 0.1) is 5.82 Å². The number of carbonyl (C=O) groups is 3. The molecule has 4 amide bonds. The summed E-state index contributed by atoms with van der Waals surface area (Å²) in [5.41, 5.74) is 1.50. The molecular weight excluding hydrogens is 551 g/mol. The first kappa shape index (κ1) is 29.3. The van der Waals surface area contributed by atoms with Gasteiger partial charge < -0.3 is 14.2 Å². The highest BCUT2D eigenvalue weighted by Crippen LogP contribution is 2.33. The third kappa shape index (κ3) is 6.67. The molecule has 0 aliphatic carbocycles. The number of fused-ring (bicyclic) bond motifs is 1. The molecular formula is C34H31FN2O6. The van der Waals surface area contributed by atoms with E-state index in [-0.39, 0.29) is 24.5 Å². The van der Waals surface area contributed by atoms with Gasteiger partial charge in [-0.3, -0.25) is 19.8 Å². The predicted molar refractivity (Wildman–Crippen MR) is 160 cm³/mol. The summed E-state index contributed by atoms with van der Waals surface area (Å²) in [6.45, 7) is 4.75. The van der Waals surface area contributed by atoms with E-state index >= 15 is 0 Å². The topological polar surface area (TPSA) is 94.2 Å². The van der Waals surface area contributed by atoms with Gasteiger partial charge in [-0.2, -0.15) is 0 Å². The van der Waals surface area contributed by atoms with Crippen molar-refractivity contribution in [2.45, 2.75) is 33.4 Å². The number of nitrogens with zero attached hydrogens (tertiary/aromatic N) is 1. The van der Waals surface area contributed by atoms with E-state index in [1.54, 1.807) is 36.4 Å². The number of barbiturate groups is 1. The lowest BCUT2D eigenvalue weighted by Crippen LogP contribution is -2.53. The van der Waals surface area contributed by atoms with Crippen LogP contribution in [0.15, 0.2) is 84.4 Å². The van der Waals surface area contributed by atoms with Gasteiger partial charge in [-0.1, -0.05) is 55.5 Å². The van der Waals surface area contributed by atoms with Gasteiger partial charge >= 0.3 is 6.03 Å². The molecule has 0 saturated carbocycles. The van der Waals surface area contributed by atoms with Gasteiger partial charge in [-0.15, -0.1) is 0 Å². The third-order valence-corrected chi connectivity index (χ3v) is 6.80. The number of imide groups is 2. The van der Waals surface area contributed by atoms with E-state index in [1.807, 2.05) is 44.2 Å². The fourth-order valence-electron chi connectivity index (χ4n) is 4.75. The minimum Gasteiger partial charge on any atom is -0.490 e. The maximum absolute atomic E-state index is 13.7. The summed E-state index contributed by atoms with van der Waals surface area (Å²) >= 11 is 0. The molecule has 1 N–H and O–H groups in total. The van der Waals surface area contributed by atoms with Crippen LogP contribution in [0.3, 0.4) is 0 Å². The molecule has 1 fully saturated rings. The van der Waals surface area contributed by atoms with E-state index < -0.39 is 17.8 Å². The molecule has 0 spiro atoms. The number of ether oxygens (including phenoxy) is 3. The zero-order valence-corrected chi connectivity index (χ0v) is 23.9. The molecule has 0 aromatic heterocycles. The molecule has 5 rings (SSSR count). The normalized spacial score (nSPS) is 14.3. The van der Waals surface area contributed by atoms with Gasteiger partial charge in [0.05, 0.1) is 19.8 Å². The Balaban J connectivity index is 1.48. The highest BCUT2D eigenvalue weighted by Gasteiger charge is 2.36. The maximum Gasteiger partial charge on any atom is 0.331 e. The Hall–Kier alpha value is -5.18. The first-order chi connectivity index (χ1) is 20.9. The predicted octanol–water partition coefficient (Wildman–Crippen LogP) is 6.41. The minimum absolute atomic E-state index is 0.0666. The summed E-state index contributed by atoms with van der Waals surface area (Å²) in [6.07, 6.45) is 2.26. The first-order valence-corrected chi connectivity index (χ1v) is 14.0. The number of amides is 4. The molecule has 0 bridgehead atoms. The highest BCUT2D eigenvalue weighted by atomic mass is 19.1. The van der Waals surface area contributed by atoms with Crippen molar-refractivity contribution in [2.24, 2.45) is 0 Å². The van der Waals surface area contributed by atoms with Crippen LogP contribution >= 0.6 is 0 Å². The van der Waals surface area contributed by atoms with E-state index in [9.17, 15) is 18.8 Å². The summed E-state index contributed by atoms with van der Waals surface area (Å²) < 4.78 is 31.3. The second-order valence-electron chi connectivity index (χ2n) is 9.89. The van der Waals surface area contributed by atoms with Crippen LogP contribution in [0.4, 0.5) is 9.18 Å². The summed E-state index contributed by atoms with van der Waals surface area (Å²) in [6, 6.07) is 21.5. The van der Waals surface area contributed by atoms with E-state index in [0.717, 1.165) is 22.1 Å². The van der Waals surface area contributed by atoms with Crippen LogP contribution in [-0.4, -0.2) is 36.0 Å². The Morgan fingerprint density at radius 3 is 2.42 bits per heavy atom. The molecule has 4 aromatic rings. The zero-order valence-electron chi connectivity index (χ0n) is 23.9. The van der Waals surface area contributed by atoms with E-state index in [1.165, 1.54) is 18.2 Å². The molecule has 1 aliphatic rings. The number of benzene rings is 4. The second kappa shape index (κ2) is 13.2. The van der Waals surface area contributed by atoms with Crippen molar-refractivity contribution >= 4 is 34.7 Å². The Morgan fingerprint density at radius 1 is 0.814 bits per heavy atom. The third-order valence-electron chi connectivity index (χ3n) is 6.80. The molecule has 1 heterocycles. The second-order valence-corrected chi connectivity index (χ2v) is 9.89. The molecule has 4 aromatic carbocycles. The number of nitrogens with one attached hydrogen (secondary N) is 1. The molecule has 9 heteroatoms. The lowest BCUT2D eigenvalue weighted by molar-refractivity contribution is -0.130. The largest absolute Gasteiger partial charge is 0.490 e. The first-order valence-electron chi connectivity index (χ1n) is 14.0. The smallest absolute Gasteiger partial charge is 0.331 e. The van der Waals surface area contributed by atoms with E-state index in [2.05, 4.69) is 5.32 Å². The molecule has 0 radical (unpaired) electrons. The van der Waals surface area contributed by atoms with Gasteiger partial charge in [-0.05, 0) is 71.7 Å². The molecule has 8 nitrogen and oxygen atoms in total. The fraction of sp³-hybridized carbons (Fsp3) is 0.206. The van der Waals surface area contributed by atoms with Crippen LogP contribution in [0.2, 0.25) is 0 Å². The standard InChI is InChI=1S/C34H31FN2O6/c1-3-16-42-30-14-12-22(18-31(30)41-4-2)20-37-33(39)28(32(38)36-34(37)40)19-27-26-11-6-5-9-24(26)13-15-29(27)43-21-23-8-7-10-25(35)17-23/h5-15,17-19H,3-4,16,20-21H2,1-2H3,(H,36,38,40)/b28-19+. The number of halogens is 1. The Kier molecular flexibility index (Phi) is 9.00. The van der Waals surface area contributed by atoms with Crippen molar-refractivity contribution in [1.82, 2.24) is 10.2 Å². The van der Waals surface area contributed by atoms with Gasteiger partial charge in [0.15, 0.2) is 11.5 Å². The molecule has 0 atom stereocenters. The van der Waals surface area contributed by atoms with E-state index in [4.69, 9.17) is 14.2 Å².